The molecule has 1 N–H and O–H groups in total. The highest BCUT2D eigenvalue weighted by Gasteiger charge is 2.14. The van der Waals surface area contributed by atoms with Crippen LogP contribution in [-0.2, 0) is 4.74 Å². The van der Waals surface area contributed by atoms with E-state index in [4.69, 9.17) is 20.8 Å². The molecule has 0 saturated heterocycles. The SMILES string of the molecule is COC(=O)c1cccc(N=c2oc3ccccc3cc2C(=O)Nc2ccc(Cl)cc2)c1. The molecule has 1 heterocycles. The van der Waals surface area contributed by atoms with Crippen molar-refractivity contribution in [2.75, 3.05) is 12.4 Å². The number of benzene rings is 3. The number of para-hydroxylation sites is 1. The van der Waals surface area contributed by atoms with Crippen molar-refractivity contribution in [1.29, 1.82) is 0 Å². The van der Waals surface area contributed by atoms with Gasteiger partial charge >= 0.3 is 5.97 Å². The van der Waals surface area contributed by atoms with Gasteiger partial charge in [0.15, 0.2) is 0 Å². The molecule has 31 heavy (non-hydrogen) atoms. The van der Waals surface area contributed by atoms with Gasteiger partial charge in [-0.3, -0.25) is 4.79 Å². The molecule has 1 aromatic heterocycles. The molecule has 0 fully saturated rings. The highest BCUT2D eigenvalue weighted by atomic mass is 35.5. The molecule has 0 spiro atoms. The van der Waals surface area contributed by atoms with Crippen LogP contribution in [0.3, 0.4) is 0 Å². The Morgan fingerprint density at radius 3 is 2.52 bits per heavy atom. The Bertz CT molecular complexity index is 1340. The van der Waals surface area contributed by atoms with Gasteiger partial charge in [-0.1, -0.05) is 35.9 Å². The topological polar surface area (TPSA) is 80.9 Å². The molecule has 0 unspecified atom stereocenters. The van der Waals surface area contributed by atoms with Gasteiger partial charge in [0, 0.05) is 16.1 Å². The van der Waals surface area contributed by atoms with E-state index in [1.807, 2.05) is 18.2 Å². The standard InChI is InChI=1S/C24H17ClN2O4/c1-30-24(29)16-6-4-7-19(13-16)27-23-20(14-15-5-2-3-8-21(15)31-23)22(28)26-18-11-9-17(25)10-12-18/h2-14H,1H3,(H,26,28). The number of nitrogens with one attached hydrogen (secondary N) is 1. The van der Waals surface area contributed by atoms with Gasteiger partial charge in [-0.05, 0) is 54.6 Å². The van der Waals surface area contributed by atoms with Crippen molar-refractivity contribution >= 4 is 45.8 Å². The number of anilines is 1. The van der Waals surface area contributed by atoms with E-state index in [0.717, 1.165) is 5.39 Å². The highest BCUT2D eigenvalue weighted by Crippen LogP contribution is 2.18. The Kier molecular flexibility index (Phi) is 5.82. The predicted molar refractivity (Wildman–Crippen MR) is 119 cm³/mol. The van der Waals surface area contributed by atoms with E-state index in [1.54, 1.807) is 60.7 Å². The van der Waals surface area contributed by atoms with E-state index < -0.39 is 5.97 Å². The van der Waals surface area contributed by atoms with Gasteiger partial charge < -0.3 is 14.5 Å². The number of esters is 1. The third-order valence-corrected chi connectivity index (χ3v) is 4.75. The molecule has 4 aromatic rings. The number of amides is 1. The van der Waals surface area contributed by atoms with Crippen LogP contribution in [0.15, 0.2) is 88.3 Å². The van der Waals surface area contributed by atoms with Crippen LogP contribution in [0.1, 0.15) is 20.7 Å². The summed E-state index contributed by atoms with van der Waals surface area (Å²) in [6.45, 7) is 0. The van der Waals surface area contributed by atoms with E-state index in [2.05, 4.69) is 10.3 Å². The fourth-order valence-corrected chi connectivity index (χ4v) is 3.11. The van der Waals surface area contributed by atoms with Crippen molar-refractivity contribution in [2.24, 2.45) is 4.99 Å². The van der Waals surface area contributed by atoms with Crippen molar-refractivity contribution in [3.05, 3.63) is 101 Å². The summed E-state index contributed by atoms with van der Waals surface area (Å²) in [5, 5.41) is 4.15. The molecule has 0 radical (unpaired) electrons. The lowest BCUT2D eigenvalue weighted by Gasteiger charge is -2.07. The van der Waals surface area contributed by atoms with Crippen LogP contribution in [0.2, 0.25) is 5.02 Å². The molecule has 0 atom stereocenters. The molecule has 0 aliphatic carbocycles. The van der Waals surface area contributed by atoms with Crippen LogP contribution >= 0.6 is 11.6 Å². The molecule has 3 aromatic carbocycles. The number of nitrogens with zero attached hydrogens (tertiary/aromatic N) is 1. The maximum absolute atomic E-state index is 13.0. The van der Waals surface area contributed by atoms with E-state index in [-0.39, 0.29) is 17.0 Å². The van der Waals surface area contributed by atoms with Gasteiger partial charge in [0.2, 0.25) is 5.55 Å². The van der Waals surface area contributed by atoms with Crippen LogP contribution < -0.4 is 10.9 Å². The summed E-state index contributed by atoms with van der Waals surface area (Å²) in [6, 6.07) is 22.4. The first-order chi connectivity index (χ1) is 15.0. The number of methoxy groups -OCH3 is 1. The van der Waals surface area contributed by atoms with Crippen LogP contribution in [0.5, 0.6) is 0 Å². The summed E-state index contributed by atoms with van der Waals surface area (Å²) >= 11 is 5.92. The number of rotatable bonds is 4. The minimum atomic E-state index is -0.479. The maximum atomic E-state index is 13.0. The first kappa shape index (κ1) is 20.4. The molecule has 1 amide bonds. The Labute approximate surface area is 182 Å². The largest absolute Gasteiger partial charge is 0.465 e. The van der Waals surface area contributed by atoms with Crippen LogP contribution in [0.4, 0.5) is 11.4 Å². The van der Waals surface area contributed by atoms with Gasteiger partial charge in [-0.15, -0.1) is 0 Å². The number of carbonyl (C=O) groups excluding carboxylic acids is 2. The zero-order valence-corrected chi connectivity index (χ0v) is 17.2. The normalized spacial score (nSPS) is 11.4. The van der Waals surface area contributed by atoms with Gasteiger partial charge in [0.25, 0.3) is 5.91 Å². The minimum absolute atomic E-state index is 0.118. The third-order valence-electron chi connectivity index (χ3n) is 4.50. The van der Waals surface area contributed by atoms with Crippen LogP contribution in [0.25, 0.3) is 11.0 Å². The Morgan fingerprint density at radius 1 is 0.968 bits per heavy atom. The number of fused-ring (bicyclic) bond motifs is 1. The lowest BCUT2D eigenvalue weighted by molar-refractivity contribution is 0.0600. The summed E-state index contributed by atoms with van der Waals surface area (Å²) in [6.07, 6.45) is 0. The van der Waals surface area contributed by atoms with E-state index in [1.165, 1.54) is 7.11 Å². The van der Waals surface area contributed by atoms with Crippen molar-refractivity contribution in [3.8, 4) is 0 Å². The van der Waals surface area contributed by atoms with Gasteiger partial charge in [-0.25, -0.2) is 9.79 Å². The molecule has 6 nitrogen and oxygen atoms in total. The molecular weight excluding hydrogens is 416 g/mol. The quantitative estimate of drug-likeness (QED) is 0.440. The summed E-state index contributed by atoms with van der Waals surface area (Å²) in [5.74, 6) is -0.868. The number of halogens is 1. The number of carbonyl (C=O) groups is 2. The second-order valence-corrected chi connectivity index (χ2v) is 7.05. The number of ether oxygens (including phenoxy) is 1. The fraction of sp³-hybridized carbons (Fsp3) is 0.0417. The Morgan fingerprint density at radius 2 is 1.74 bits per heavy atom. The third kappa shape index (κ3) is 4.65. The number of hydrogen-bond acceptors (Lipinski definition) is 5. The molecule has 0 aliphatic rings. The lowest BCUT2D eigenvalue weighted by atomic mass is 10.1. The molecule has 154 valence electrons. The number of hydrogen-bond donors (Lipinski definition) is 1. The zero-order valence-electron chi connectivity index (χ0n) is 16.5. The van der Waals surface area contributed by atoms with Crippen molar-refractivity contribution < 1.29 is 18.7 Å². The van der Waals surface area contributed by atoms with Gasteiger partial charge in [0.1, 0.15) is 11.1 Å². The lowest BCUT2D eigenvalue weighted by Crippen LogP contribution is -2.21. The van der Waals surface area contributed by atoms with E-state index >= 15 is 0 Å². The average Bonchev–Trinajstić information content (AvgIpc) is 2.79. The first-order valence-corrected chi connectivity index (χ1v) is 9.74. The van der Waals surface area contributed by atoms with Crippen molar-refractivity contribution in [1.82, 2.24) is 0 Å². The molecule has 7 heteroatoms. The molecule has 0 aliphatic heterocycles. The van der Waals surface area contributed by atoms with Crippen LogP contribution in [0, 0.1) is 0 Å². The monoisotopic (exact) mass is 432 g/mol. The summed E-state index contributed by atoms with van der Waals surface area (Å²) in [7, 11) is 1.31. The van der Waals surface area contributed by atoms with E-state index in [0.29, 0.717) is 27.5 Å². The minimum Gasteiger partial charge on any atom is -0.465 e. The second-order valence-electron chi connectivity index (χ2n) is 6.62. The van der Waals surface area contributed by atoms with Gasteiger partial charge in [-0.2, -0.15) is 0 Å². The molecule has 4 rings (SSSR count). The van der Waals surface area contributed by atoms with Gasteiger partial charge in [0.05, 0.1) is 18.4 Å². The van der Waals surface area contributed by atoms with Crippen molar-refractivity contribution in [2.45, 2.75) is 0 Å². The summed E-state index contributed by atoms with van der Waals surface area (Å²) in [5.41, 5.74) is 2.32. The Hall–Kier alpha value is -3.90. The Balaban J connectivity index is 1.82. The van der Waals surface area contributed by atoms with Crippen molar-refractivity contribution in [3.63, 3.8) is 0 Å². The summed E-state index contributed by atoms with van der Waals surface area (Å²) < 4.78 is 10.7. The average molecular weight is 433 g/mol. The highest BCUT2D eigenvalue weighted by molar-refractivity contribution is 6.30. The first-order valence-electron chi connectivity index (χ1n) is 9.36. The zero-order chi connectivity index (χ0) is 21.8. The fourth-order valence-electron chi connectivity index (χ4n) is 2.98. The molecule has 0 bridgehead atoms. The molecule has 0 saturated carbocycles. The second kappa shape index (κ2) is 8.85. The predicted octanol–water partition coefficient (Wildman–Crippen LogP) is 5.36. The summed E-state index contributed by atoms with van der Waals surface area (Å²) in [4.78, 5) is 29.4. The smallest absolute Gasteiger partial charge is 0.337 e. The molecular formula is C24H17ClN2O4. The van der Waals surface area contributed by atoms with E-state index in [9.17, 15) is 9.59 Å². The maximum Gasteiger partial charge on any atom is 0.337 e. The van der Waals surface area contributed by atoms with Crippen LogP contribution in [-0.4, -0.2) is 19.0 Å².